The molecule has 0 fully saturated rings. The highest BCUT2D eigenvalue weighted by Crippen LogP contribution is 2.13. The topological polar surface area (TPSA) is 88.1 Å². The molecule has 2 N–H and O–H groups in total. The summed E-state index contributed by atoms with van der Waals surface area (Å²) in [7, 11) is 0. The molecule has 3 aromatic rings. The Morgan fingerprint density at radius 2 is 1.38 bits per heavy atom. The normalized spacial score (nSPS) is 11.4. The molecule has 0 aromatic heterocycles. The van der Waals surface area contributed by atoms with Crippen molar-refractivity contribution in [1.82, 2.24) is 5.01 Å². The zero-order chi connectivity index (χ0) is 20.6. The van der Waals surface area contributed by atoms with E-state index < -0.39 is 11.8 Å². The van der Waals surface area contributed by atoms with Crippen LogP contribution in [0.25, 0.3) is 0 Å². The van der Waals surface area contributed by atoms with Gasteiger partial charge in [-0.25, -0.2) is 0 Å². The molecule has 0 heterocycles. The SMILES string of the molecule is NC(=NC(=O)c1ccccc1)N(N=Cc1ccccc1Cl)C(=O)c1ccccc1. The van der Waals surface area contributed by atoms with Crippen molar-refractivity contribution >= 4 is 35.6 Å². The number of benzene rings is 3. The smallest absolute Gasteiger partial charge is 0.281 e. The van der Waals surface area contributed by atoms with Crippen LogP contribution in [0.4, 0.5) is 0 Å². The number of rotatable bonds is 4. The molecule has 0 spiro atoms. The average molecular weight is 405 g/mol. The lowest BCUT2D eigenvalue weighted by Crippen LogP contribution is -2.39. The van der Waals surface area contributed by atoms with Crippen molar-refractivity contribution < 1.29 is 9.59 Å². The van der Waals surface area contributed by atoms with Crippen molar-refractivity contribution in [2.45, 2.75) is 0 Å². The van der Waals surface area contributed by atoms with Gasteiger partial charge < -0.3 is 5.73 Å². The number of halogens is 1. The van der Waals surface area contributed by atoms with Crippen LogP contribution in [-0.2, 0) is 0 Å². The molecule has 0 radical (unpaired) electrons. The van der Waals surface area contributed by atoms with Crippen LogP contribution in [0.2, 0.25) is 5.02 Å². The molecule has 0 unspecified atom stereocenters. The number of aliphatic imine (C=N–C) groups is 1. The van der Waals surface area contributed by atoms with Gasteiger partial charge in [0, 0.05) is 21.7 Å². The van der Waals surface area contributed by atoms with Gasteiger partial charge in [-0.05, 0) is 30.3 Å². The Morgan fingerprint density at radius 1 is 0.828 bits per heavy atom. The van der Waals surface area contributed by atoms with E-state index >= 15 is 0 Å². The van der Waals surface area contributed by atoms with E-state index in [0.717, 1.165) is 5.01 Å². The first kappa shape index (κ1) is 20.0. The molecular weight excluding hydrogens is 388 g/mol. The maximum Gasteiger partial charge on any atom is 0.281 e. The van der Waals surface area contributed by atoms with Gasteiger partial charge in [-0.1, -0.05) is 66.2 Å². The number of carbonyl (C=O) groups is 2. The third kappa shape index (κ3) is 5.15. The molecule has 3 aromatic carbocycles. The first-order chi connectivity index (χ1) is 14.1. The molecule has 0 saturated heterocycles. The first-order valence-electron chi connectivity index (χ1n) is 8.68. The molecule has 0 aliphatic heterocycles. The fourth-order valence-electron chi connectivity index (χ4n) is 2.42. The summed E-state index contributed by atoms with van der Waals surface area (Å²) in [4.78, 5) is 29.1. The Balaban J connectivity index is 1.95. The van der Waals surface area contributed by atoms with E-state index in [1.807, 2.05) is 0 Å². The van der Waals surface area contributed by atoms with Crippen molar-refractivity contribution in [3.63, 3.8) is 0 Å². The monoisotopic (exact) mass is 404 g/mol. The van der Waals surface area contributed by atoms with Gasteiger partial charge >= 0.3 is 0 Å². The fourth-order valence-corrected chi connectivity index (χ4v) is 2.60. The van der Waals surface area contributed by atoms with Crippen LogP contribution in [0.15, 0.2) is 95.0 Å². The number of guanidine groups is 1. The summed E-state index contributed by atoms with van der Waals surface area (Å²) in [5.74, 6) is -1.46. The molecule has 7 heteroatoms. The Kier molecular flexibility index (Phi) is 6.50. The van der Waals surface area contributed by atoms with Crippen molar-refractivity contribution in [2.24, 2.45) is 15.8 Å². The van der Waals surface area contributed by atoms with Gasteiger partial charge in [0.05, 0.1) is 6.21 Å². The molecule has 0 aliphatic rings. The van der Waals surface area contributed by atoms with E-state index in [-0.39, 0.29) is 5.96 Å². The largest absolute Gasteiger partial charge is 0.368 e. The van der Waals surface area contributed by atoms with Gasteiger partial charge in [0.1, 0.15) is 0 Å². The number of amides is 2. The Bertz CT molecular complexity index is 1070. The van der Waals surface area contributed by atoms with Crippen LogP contribution in [0.3, 0.4) is 0 Å². The predicted molar refractivity (Wildman–Crippen MR) is 114 cm³/mol. The summed E-state index contributed by atoms with van der Waals surface area (Å²) < 4.78 is 0. The average Bonchev–Trinajstić information content (AvgIpc) is 2.76. The standard InChI is InChI=1S/C22H17ClN4O2/c23-19-14-8-7-13-18(19)15-25-27(21(29)17-11-5-2-6-12-17)22(24)26-20(28)16-9-3-1-4-10-16/h1-15H,(H2,24,26,28). The second-order valence-electron chi connectivity index (χ2n) is 5.89. The Labute approximate surface area is 172 Å². The van der Waals surface area contributed by atoms with Gasteiger partial charge in [-0.3, -0.25) is 9.59 Å². The van der Waals surface area contributed by atoms with Gasteiger partial charge in [-0.15, -0.1) is 0 Å². The fraction of sp³-hybridized carbons (Fsp3) is 0. The molecule has 3 rings (SSSR count). The summed E-state index contributed by atoms with van der Waals surface area (Å²) in [6.07, 6.45) is 1.39. The third-order valence-corrected chi connectivity index (χ3v) is 4.23. The van der Waals surface area contributed by atoms with Gasteiger partial charge in [0.2, 0.25) is 5.96 Å². The highest BCUT2D eigenvalue weighted by Gasteiger charge is 2.20. The highest BCUT2D eigenvalue weighted by molar-refractivity contribution is 6.33. The number of hydrazone groups is 1. The Hall–Kier alpha value is -3.77. The van der Waals surface area contributed by atoms with Crippen molar-refractivity contribution in [1.29, 1.82) is 0 Å². The Morgan fingerprint density at radius 3 is 2.00 bits per heavy atom. The molecule has 144 valence electrons. The summed E-state index contributed by atoms with van der Waals surface area (Å²) in [5, 5.41) is 5.48. The zero-order valence-corrected chi connectivity index (χ0v) is 16.0. The maximum atomic E-state index is 12.9. The lowest BCUT2D eigenvalue weighted by molar-refractivity contribution is 0.0848. The second kappa shape index (κ2) is 9.43. The molecule has 0 bridgehead atoms. The molecule has 6 nitrogen and oxygen atoms in total. The minimum atomic E-state index is -0.582. The number of nitrogens with two attached hydrogens (primary N) is 1. The maximum absolute atomic E-state index is 12.9. The number of hydrogen-bond acceptors (Lipinski definition) is 3. The summed E-state index contributed by atoms with van der Waals surface area (Å²) in [6, 6.07) is 23.9. The van der Waals surface area contributed by atoms with Gasteiger partial charge in [-0.2, -0.15) is 15.1 Å². The summed E-state index contributed by atoms with van der Waals surface area (Å²) >= 11 is 6.14. The summed E-state index contributed by atoms with van der Waals surface area (Å²) in [6.45, 7) is 0. The minimum Gasteiger partial charge on any atom is -0.368 e. The number of nitrogens with zero attached hydrogens (tertiary/aromatic N) is 3. The van der Waals surface area contributed by atoms with Crippen LogP contribution in [0.5, 0.6) is 0 Å². The van der Waals surface area contributed by atoms with E-state index in [2.05, 4.69) is 10.1 Å². The summed E-state index contributed by atoms with van der Waals surface area (Å²) in [5.41, 5.74) is 7.26. The predicted octanol–water partition coefficient (Wildman–Crippen LogP) is 3.97. The van der Waals surface area contributed by atoms with Gasteiger partial charge in [0.25, 0.3) is 11.8 Å². The number of hydrogen-bond donors (Lipinski definition) is 1. The van der Waals surface area contributed by atoms with E-state index in [9.17, 15) is 9.59 Å². The van der Waals surface area contributed by atoms with Crippen molar-refractivity contribution in [3.8, 4) is 0 Å². The van der Waals surface area contributed by atoms with Crippen LogP contribution >= 0.6 is 11.6 Å². The van der Waals surface area contributed by atoms with E-state index in [1.165, 1.54) is 6.21 Å². The first-order valence-corrected chi connectivity index (χ1v) is 9.05. The van der Waals surface area contributed by atoms with Crippen LogP contribution in [-0.4, -0.2) is 29.0 Å². The van der Waals surface area contributed by atoms with E-state index in [4.69, 9.17) is 17.3 Å². The molecular formula is C22H17ClN4O2. The zero-order valence-electron chi connectivity index (χ0n) is 15.3. The van der Waals surface area contributed by atoms with Crippen molar-refractivity contribution in [2.75, 3.05) is 0 Å². The highest BCUT2D eigenvalue weighted by atomic mass is 35.5. The molecule has 29 heavy (non-hydrogen) atoms. The van der Waals surface area contributed by atoms with Crippen LogP contribution in [0.1, 0.15) is 26.3 Å². The second-order valence-corrected chi connectivity index (χ2v) is 6.30. The number of carbonyl (C=O) groups excluding carboxylic acids is 2. The molecule has 0 atom stereocenters. The van der Waals surface area contributed by atoms with E-state index in [0.29, 0.717) is 21.7 Å². The van der Waals surface area contributed by atoms with Crippen molar-refractivity contribution in [3.05, 3.63) is 107 Å². The lowest BCUT2D eigenvalue weighted by Gasteiger charge is -2.16. The molecule has 0 aliphatic carbocycles. The minimum absolute atomic E-state index is 0.342. The van der Waals surface area contributed by atoms with E-state index in [1.54, 1.807) is 84.9 Å². The lowest BCUT2D eigenvalue weighted by atomic mass is 10.2. The quantitative estimate of drug-likeness (QED) is 0.405. The molecule has 2 amide bonds. The van der Waals surface area contributed by atoms with Crippen LogP contribution in [0, 0.1) is 0 Å². The van der Waals surface area contributed by atoms with Crippen LogP contribution < -0.4 is 5.73 Å². The third-order valence-electron chi connectivity index (χ3n) is 3.88. The van der Waals surface area contributed by atoms with Gasteiger partial charge in [0.15, 0.2) is 0 Å². The molecule has 0 saturated carbocycles.